The zero-order valence-corrected chi connectivity index (χ0v) is 11.6. The van der Waals surface area contributed by atoms with Crippen molar-refractivity contribution in [2.75, 3.05) is 0 Å². The van der Waals surface area contributed by atoms with Gasteiger partial charge in [-0.05, 0) is 0 Å². The van der Waals surface area contributed by atoms with Crippen LogP contribution in [-0.2, 0) is 14.1 Å². The predicted molar refractivity (Wildman–Crippen MR) is 77.3 cm³/mol. The van der Waals surface area contributed by atoms with Gasteiger partial charge < -0.3 is 0 Å². The Morgan fingerprint density at radius 3 is 2.43 bits per heavy atom. The standard InChI is InChI=1S/C14H13N5O2/c1-17-12(8-13(20)18(2)14(17)21)19-9-11(15-16-19)10-6-4-3-5-7-10/h3-9H,1-2H3. The Kier molecular flexibility index (Phi) is 3.02. The molecule has 3 rings (SSSR count). The summed E-state index contributed by atoms with van der Waals surface area (Å²) >= 11 is 0. The molecule has 0 unspecified atom stereocenters. The van der Waals surface area contributed by atoms with Crippen LogP contribution in [0.1, 0.15) is 0 Å². The Morgan fingerprint density at radius 1 is 1.00 bits per heavy atom. The quantitative estimate of drug-likeness (QED) is 0.679. The molecule has 0 saturated heterocycles. The van der Waals surface area contributed by atoms with Crippen molar-refractivity contribution in [1.29, 1.82) is 0 Å². The second-order valence-corrected chi connectivity index (χ2v) is 4.66. The SMILES string of the molecule is Cn1c(-n2cc(-c3ccccc3)nn2)cc(=O)n(C)c1=O. The maximum Gasteiger partial charge on any atom is 0.332 e. The molecule has 21 heavy (non-hydrogen) atoms. The van der Waals surface area contributed by atoms with E-state index in [0.29, 0.717) is 11.5 Å². The molecule has 0 aliphatic heterocycles. The highest BCUT2D eigenvalue weighted by Gasteiger charge is 2.10. The van der Waals surface area contributed by atoms with Crippen molar-refractivity contribution in [3.05, 3.63) is 63.4 Å². The van der Waals surface area contributed by atoms with Crippen molar-refractivity contribution >= 4 is 0 Å². The largest absolute Gasteiger partial charge is 0.332 e. The van der Waals surface area contributed by atoms with Gasteiger partial charge in [-0.2, -0.15) is 0 Å². The molecule has 0 N–H and O–H groups in total. The molecule has 3 aromatic rings. The molecule has 7 nitrogen and oxygen atoms in total. The summed E-state index contributed by atoms with van der Waals surface area (Å²) in [5.41, 5.74) is 0.792. The second kappa shape index (κ2) is 4.86. The lowest BCUT2D eigenvalue weighted by molar-refractivity contribution is 0.638. The molecule has 0 bridgehead atoms. The van der Waals surface area contributed by atoms with Crippen LogP contribution in [0.2, 0.25) is 0 Å². The van der Waals surface area contributed by atoms with Crippen molar-refractivity contribution in [3.8, 4) is 17.1 Å². The summed E-state index contributed by atoms with van der Waals surface area (Å²) in [6.07, 6.45) is 1.68. The van der Waals surface area contributed by atoms with E-state index in [1.54, 1.807) is 13.2 Å². The minimum atomic E-state index is -0.408. The Hall–Kier alpha value is -2.96. The third-order valence-corrected chi connectivity index (χ3v) is 3.30. The number of aromatic nitrogens is 5. The fourth-order valence-corrected chi connectivity index (χ4v) is 2.06. The minimum absolute atomic E-state index is 0.373. The van der Waals surface area contributed by atoms with Gasteiger partial charge in [-0.3, -0.25) is 13.9 Å². The summed E-state index contributed by atoms with van der Waals surface area (Å²) in [6, 6.07) is 10.9. The van der Waals surface area contributed by atoms with Gasteiger partial charge in [-0.1, -0.05) is 35.5 Å². The summed E-state index contributed by atoms with van der Waals surface area (Å²) in [5.74, 6) is 0.373. The Balaban J connectivity index is 2.14. The van der Waals surface area contributed by atoms with Gasteiger partial charge in [0.15, 0.2) is 0 Å². The number of rotatable bonds is 2. The van der Waals surface area contributed by atoms with Crippen molar-refractivity contribution in [2.45, 2.75) is 0 Å². The van der Waals surface area contributed by atoms with Gasteiger partial charge in [-0.25, -0.2) is 9.48 Å². The summed E-state index contributed by atoms with van der Waals surface area (Å²) in [6.45, 7) is 0. The van der Waals surface area contributed by atoms with E-state index in [9.17, 15) is 9.59 Å². The highest BCUT2D eigenvalue weighted by Crippen LogP contribution is 2.15. The third kappa shape index (κ3) is 2.18. The van der Waals surface area contributed by atoms with E-state index in [4.69, 9.17) is 0 Å². The molecule has 0 aliphatic rings. The van der Waals surface area contributed by atoms with Crippen molar-refractivity contribution < 1.29 is 0 Å². The number of benzene rings is 1. The average Bonchev–Trinajstić information content (AvgIpc) is 2.99. The van der Waals surface area contributed by atoms with E-state index in [2.05, 4.69) is 10.3 Å². The maximum atomic E-state index is 11.9. The fourth-order valence-electron chi connectivity index (χ4n) is 2.06. The van der Waals surface area contributed by atoms with E-state index >= 15 is 0 Å². The third-order valence-electron chi connectivity index (χ3n) is 3.30. The lowest BCUT2D eigenvalue weighted by Gasteiger charge is -2.07. The topological polar surface area (TPSA) is 74.7 Å². The van der Waals surface area contributed by atoms with E-state index < -0.39 is 5.69 Å². The first-order chi connectivity index (χ1) is 10.1. The minimum Gasteiger partial charge on any atom is -0.281 e. The normalized spacial score (nSPS) is 10.8. The van der Waals surface area contributed by atoms with Gasteiger partial charge in [-0.15, -0.1) is 5.10 Å². The molecule has 2 heterocycles. The summed E-state index contributed by atoms with van der Waals surface area (Å²) in [7, 11) is 3.02. The molecular formula is C14H13N5O2. The van der Waals surface area contributed by atoms with Crippen LogP contribution in [0.15, 0.2) is 52.2 Å². The van der Waals surface area contributed by atoms with E-state index in [-0.39, 0.29) is 5.56 Å². The molecule has 106 valence electrons. The van der Waals surface area contributed by atoms with Crippen LogP contribution < -0.4 is 11.2 Å². The zero-order chi connectivity index (χ0) is 15.0. The van der Waals surface area contributed by atoms with Crippen LogP contribution in [-0.4, -0.2) is 24.1 Å². The average molecular weight is 283 g/mol. The highest BCUT2D eigenvalue weighted by atomic mass is 16.2. The first-order valence-corrected chi connectivity index (χ1v) is 6.33. The van der Waals surface area contributed by atoms with E-state index in [0.717, 1.165) is 10.1 Å². The second-order valence-electron chi connectivity index (χ2n) is 4.66. The van der Waals surface area contributed by atoms with E-state index in [1.165, 1.54) is 22.4 Å². The predicted octanol–water partition coefficient (Wildman–Crippen LogP) is 0.332. The van der Waals surface area contributed by atoms with Crippen molar-refractivity contribution in [1.82, 2.24) is 24.1 Å². The van der Waals surface area contributed by atoms with Gasteiger partial charge in [0.25, 0.3) is 5.56 Å². The molecule has 0 spiro atoms. The van der Waals surface area contributed by atoms with Crippen molar-refractivity contribution in [2.24, 2.45) is 14.1 Å². The lowest BCUT2D eigenvalue weighted by Crippen LogP contribution is -2.38. The Bertz CT molecular complexity index is 905. The Labute approximate surface area is 119 Å². The lowest BCUT2D eigenvalue weighted by atomic mass is 10.2. The summed E-state index contributed by atoms with van der Waals surface area (Å²) in [5, 5.41) is 8.07. The fraction of sp³-hybridized carbons (Fsp3) is 0.143. The molecule has 0 radical (unpaired) electrons. The van der Waals surface area contributed by atoms with Crippen molar-refractivity contribution in [3.63, 3.8) is 0 Å². The van der Waals surface area contributed by atoms with Gasteiger partial charge in [0.05, 0.1) is 6.20 Å². The molecule has 0 amide bonds. The summed E-state index contributed by atoms with van der Waals surface area (Å²) in [4.78, 5) is 23.7. The molecule has 7 heteroatoms. The van der Waals surface area contributed by atoms with E-state index in [1.807, 2.05) is 30.3 Å². The molecule has 0 aliphatic carbocycles. The first kappa shape index (κ1) is 13.0. The van der Waals surface area contributed by atoms with Crippen LogP contribution in [0, 0.1) is 0 Å². The van der Waals surface area contributed by atoms with Crippen LogP contribution in [0.3, 0.4) is 0 Å². The number of hydrogen-bond donors (Lipinski definition) is 0. The number of hydrogen-bond acceptors (Lipinski definition) is 4. The van der Waals surface area contributed by atoms with Crippen LogP contribution in [0.5, 0.6) is 0 Å². The molecule has 0 fully saturated rings. The van der Waals surface area contributed by atoms with Crippen LogP contribution >= 0.6 is 0 Å². The molecule has 2 aromatic heterocycles. The van der Waals surface area contributed by atoms with Gasteiger partial charge in [0.2, 0.25) is 0 Å². The van der Waals surface area contributed by atoms with Gasteiger partial charge in [0, 0.05) is 25.7 Å². The molecule has 1 aromatic carbocycles. The highest BCUT2D eigenvalue weighted by molar-refractivity contribution is 5.57. The molecule has 0 saturated carbocycles. The van der Waals surface area contributed by atoms with Gasteiger partial charge >= 0.3 is 5.69 Å². The smallest absolute Gasteiger partial charge is 0.281 e. The molecule has 0 atom stereocenters. The van der Waals surface area contributed by atoms with Crippen LogP contribution in [0.25, 0.3) is 17.1 Å². The monoisotopic (exact) mass is 283 g/mol. The maximum absolute atomic E-state index is 11.9. The Morgan fingerprint density at radius 2 is 1.71 bits per heavy atom. The number of nitrogens with zero attached hydrogens (tertiary/aromatic N) is 5. The summed E-state index contributed by atoms with van der Waals surface area (Å²) < 4.78 is 3.81. The van der Waals surface area contributed by atoms with Crippen LogP contribution in [0.4, 0.5) is 0 Å². The van der Waals surface area contributed by atoms with Gasteiger partial charge in [0.1, 0.15) is 11.5 Å². The zero-order valence-electron chi connectivity index (χ0n) is 11.6. The first-order valence-electron chi connectivity index (χ1n) is 6.33. The molecular weight excluding hydrogens is 270 g/mol.